The summed E-state index contributed by atoms with van der Waals surface area (Å²) < 4.78 is 5.42. The standard InChI is InChI=1S/C22H25NO4S/c1-14-10-11-17(12-15(14)2)21(25)16(3)27-22(26)18-8-6-7-9-19(18)28-13-20(24)23(4)5/h6-12,16H,13H2,1-5H3/t16-/m0/s1. The largest absolute Gasteiger partial charge is 0.451 e. The second kappa shape index (κ2) is 9.55. The summed E-state index contributed by atoms with van der Waals surface area (Å²) in [5.41, 5.74) is 2.97. The topological polar surface area (TPSA) is 63.7 Å². The van der Waals surface area contributed by atoms with Gasteiger partial charge in [-0.25, -0.2) is 4.79 Å². The first kappa shape index (κ1) is 21.7. The molecule has 0 fully saturated rings. The highest BCUT2D eigenvalue weighted by atomic mass is 32.2. The Kier molecular flexibility index (Phi) is 7.40. The van der Waals surface area contributed by atoms with Crippen molar-refractivity contribution in [3.05, 3.63) is 64.7 Å². The number of hydrogen-bond acceptors (Lipinski definition) is 5. The number of benzene rings is 2. The van der Waals surface area contributed by atoms with E-state index in [-0.39, 0.29) is 17.4 Å². The maximum atomic E-state index is 12.6. The predicted octanol–water partition coefficient (Wildman–Crippen LogP) is 3.91. The zero-order chi connectivity index (χ0) is 20.8. The molecule has 2 aromatic rings. The number of carbonyl (C=O) groups excluding carboxylic acids is 3. The van der Waals surface area contributed by atoms with Gasteiger partial charge in [0.15, 0.2) is 6.10 Å². The molecule has 0 heterocycles. The van der Waals surface area contributed by atoms with Gasteiger partial charge in [0, 0.05) is 24.6 Å². The van der Waals surface area contributed by atoms with Crippen molar-refractivity contribution in [2.24, 2.45) is 0 Å². The van der Waals surface area contributed by atoms with E-state index in [1.165, 1.54) is 16.7 Å². The lowest BCUT2D eigenvalue weighted by molar-refractivity contribution is -0.125. The molecule has 1 amide bonds. The Labute approximate surface area is 170 Å². The van der Waals surface area contributed by atoms with E-state index in [2.05, 4.69) is 0 Å². The summed E-state index contributed by atoms with van der Waals surface area (Å²) in [6.07, 6.45) is -0.906. The summed E-state index contributed by atoms with van der Waals surface area (Å²) in [4.78, 5) is 39.2. The molecule has 2 aromatic carbocycles. The normalized spacial score (nSPS) is 11.6. The molecule has 0 aliphatic carbocycles. The van der Waals surface area contributed by atoms with E-state index in [1.807, 2.05) is 19.9 Å². The van der Waals surface area contributed by atoms with Gasteiger partial charge in [0.05, 0.1) is 11.3 Å². The van der Waals surface area contributed by atoms with Gasteiger partial charge in [-0.1, -0.05) is 24.3 Å². The molecule has 0 spiro atoms. The summed E-state index contributed by atoms with van der Waals surface area (Å²) in [6.45, 7) is 5.48. The molecule has 6 heteroatoms. The van der Waals surface area contributed by atoms with Gasteiger partial charge < -0.3 is 9.64 Å². The van der Waals surface area contributed by atoms with Gasteiger partial charge >= 0.3 is 5.97 Å². The Morgan fingerprint density at radius 3 is 2.36 bits per heavy atom. The molecule has 0 radical (unpaired) electrons. The van der Waals surface area contributed by atoms with Crippen LogP contribution in [0.15, 0.2) is 47.4 Å². The lowest BCUT2D eigenvalue weighted by Gasteiger charge is -2.15. The van der Waals surface area contributed by atoms with Crippen molar-refractivity contribution in [2.75, 3.05) is 19.8 Å². The van der Waals surface area contributed by atoms with Crippen LogP contribution in [0.25, 0.3) is 0 Å². The van der Waals surface area contributed by atoms with Crippen molar-refractivity contribution in [1.29, 1.82) is 0 Å². The number of aryl methyl sites for hydroxylation is 2. The van der Waals surface area contributed by atoms with Crippen molar-refractivity contribution in [3.63, 3.8) is 0 Å². The fourth-order valence-corrected chi connectivity index (χ4v) is 3.46. The minimum Gasteiger partial charge on any atom is -0.451 e. The van der Waals surface area contributed by atoms with Crippen LogP contribution in [0.4, 0.5) is 0 Å². The lowest BCUT2D eigenvalue weighted by Crippen LogP contribution is -2.25. The first-order chi connectivity index (χ1) is 13.2. The lowest BCUT2D eigenvalue weighted by atomic mass is 10.0. The minimum atomic E-state index is -0.906. The van der Waals surface area contributed by atoms with Crippen molar-refractivity contribution in [3.8, 4) is 0 Å². The molecule has 0 bridgehead atoms. The number of rotatable bonds is 7. The van der Waals surface area contributed by atoms with Crippen molar-refractivity contribution < 1.29 is 19.1 Å². The Morgan fingerprint density at radius 1 is 1.04 bits per heavy atom. The van der Waals surface area contributed by atoms with Crippen LogP contribution in [-0.2, 0) is 9.53 Å². The van der Waals surface area contributed by atoms with E-state index in [1.54, 1.807) is 57.4 Å². The van der Waals surface area contributed by atoms with Gasteiger partial charge in [-0.3, -0.25) is 9.59 Å². The van der Waals surface area contributed by atoms with Gasteiger partial charge in [-0.2, -0.15) is 0 Å². The Balaban J connectivity index is 2.10. The predicted molar refractivity (Wildman–Crippen MR) is 111 cm³/mol. The summed E-state index contributed by atoms with van der Waals surface area (Å²) in [7, 11) is 3.37. The van der Waals surface area contributed by atoms with Crippen LogP contribution in [0.1, 0.15) is 38.8 Å². The maximum Gasteiger partial charge on any atom is 0.339 e. The summed E-state index contributed by atoms with van der Waals surface area (Å²) in [5.74, 6) is -0.657. The van der Waals surface area contributed by atoms with Crippen LogP contribution in [0, 0.1) is 13.8 Å². The van der Waals surface area contributed by atoms with Crippen molar-refractivity contribution in [1.82, 2.24) is 4.90 Å². The molecule has 0 saturated heterocycles. The molecule has 0 aliphatic rings. The van der Waals surface area contributed by atoms with E-state index < -0.39 is 12.1 Å². The molecule has 0 saturated carbocycles. The van der Waals surface area contributed by atoms with Crippen LogP contribution in [0.2, 0.25) is 0 Å². The molecule has 0 aliphatic heterocycles. The summed E-state index contributed by atoms with van der Waals surface area (Å²) in [6, 6.07) is 12.3. The number of nitrogens with zero attached hydrogens (tertiary/aromatic N) is 1. The number of Topliss-reactive ketones (excluding diaryl/α,β-unsaturated/α-hetero) is 1. The zero-order valence-electron chi connectivity index (χ0n) is 16.8. The number of ketones is 1. The molecule has 2 rings (SSSR count). The number of carbonyl (C=O) groups is 3. The smallest absolute Gasteiger partial charge is 0.339 e. The number of ether oxygens (including phenoxy) is 1. The molecule has 0 N–H and O–H groups in total. The molecular weight excluding hydrogens is 374 g/mol. The first-order valence-corrected chi connectivity index (χ1v) is 9.93. The second-order valence-electron chi connectivity index (χ2n) is 6.78. The Bertz CT molecular complexity index is 892. The third kappa shape index (κ3) is 5.45. The number of thioether (sulfide) groups is 1. The molecule has 148 valence electrons. The van der Waals surface area contributed by atoms with E-state index in [0.717, 1.165) is 11.1 Å². The minimum absolute atomic E-state index is 0.0496. The first-order valence-electron chi connectivity index (χ1n) is 8.95. The molecule has 1 atom stereocenters. The average Bonchev–Trinajstić information content (AvgIpc) is 2.67. The quantitative estimate of drug-likeness (QED) is 0.401. The highest BCUT2D eigenvalue weighted by Gasteiger charge is 2.22. The molecule has 0 unspecified atom stereocenters. The van der Waals surface area contributed by atoms with Crippen molar-refractivity contribution >= 4 is 29.4 Å². The molecular formula is C22H25NO4S. The maximum absolute atomic E-state index is 12.6. The van der Waals surface area contributed by atoms with Crippen molar-refractivity contribution in [2.45, 2.75) is 31.8 Å². The zero-order valence-corrected chi connectivity index (χ0v) is 17.6. The third-order valence-corrected chi connectivity index (χ3v) is 5.46. The monoisotopic (exact) mass is 399 g/mol. The Morgan fingerprint density at radius 2 is 1.71 bits per heavy atom. The fraction of sp³-hybridized carbons (Fsp3) is 0.318. The van der Waals surface area contributed by atoms with Gasteiger partial charge in [-0.15, -0.1) is 11.8 Å². The highest BCUT2D eigenvalue weighted by molar-refractivity contribution is 8.00. The van der Waals surface area contributed by atoms with Gasteiger partial charge in [0.1, 0.15) is 0 Å². The third-order valence-electron chi connectivity index (χ3n) is 4.40. The molecule has 5 nitrogen and oxygen atoms in total. The van der Waals surface area contributed by atoms with E-state index in [9.17, 15) is 14.4 Å². The van der Waals surface area contributed by atoms with Gasteiger partial charge in [0.2, 0.25) is 11.7 Å². The van der Waals surface area contributed by atoms with Gasteiger partial charge in [-0.05, 0) is 50.1 Å². The van der Waals surface area contributed by atoms with Crippen LogP contribution in [0.5, 0.6) is 0 Å². The SMILES string of the molecule is Cc1ccc(C(=O)[C@H](C)OC(=O)c2ccccc2SCC(=O)N(C)C)cc1C. The fourth-order valence-electron chi connectivity index (χ4n) is 2.44. The van der Waals surface area contributed by atoms with E-state index in [4.69, 9.17) is 4.74 Å². The average molecular weight is 400 g/mol. The van der Waals surface area contributed by atoms with Crippen LogP contribution in [-0.4, -0.2) is 48.5 Å². The van der Waals surface area contributed by atoms with Gasteiger partial charge in [0.25, 0.3) is 0 Å². The van der Waals surface area contributed by atoms with E-state index >= 15 is 0 Å². The van der Waals surface area contributed by atoms with Crippen LogP contribution in [0.3, 0.4) is 0 Å². The number of amides is 1. The van der Waals surface area contributed by atoms with E-state index in [0.29, 0.717) is 16.0 Å². The summed E-state index contributed by atoms with van der Waals surface area (Å²) in [5, 5.41) is 0. The Hall–Kier alpha value is -2.60. The number of esters is 1. The summed E-state index contributed by atoms with van der Waals surface area (Å²) >= 11 is 1.27. The van der Waals surface area contributed by atoms with Crippen LogP contribution < -0.4 is 0 Å². The molecule has 0 aromatic heterocycles. The number of hydrogen-bond donors (Lipinski definition) is 0. The second-order valence-corrected chi connectivity index (χ2v) is 7.80. The highest BCUT2D eigenvalue weighted by Crippen LogP contribution is 2.24. The molecule has 28 heavy (non-hydrogen) atoms. The van der Waals surface area contributed by atoms with Crippen LogP contribution >= 0.6 is 11.8 Å².